The number of hydrogen-bond acceptors (Lipinski definition) is 6. The quantitative estimate of drug-likeness (QED) is 0.448. The molecule has 1 aliphatic heterocycles. The molecule has 2 atom stereocenters. The smallest absolute Gasteiger partial charge is 0.151 e. The third-order valence-electron chi connectivity index (χ3n) is 5.70. The fraction of sp³-hybridized carbons (Fsp3) is 0.375. The third-order valence-corrected chi connectivity index (χ3v) is 8.64. The van der Waals surface area contributed by atoms with Crippen LogP contribution in [0.1, 0.15) is 36.6 Å². The SMILES string of the molecule is COc1ccc(CN(Cc2ccc(OC)cc2)S(=O)(=S)c2ccnn2C2CCCCO2)cc1. The predicted molar refractivity (Wildman–Crippen MR) is 130 cm³/mol. The summed E-state index contributed by atoms with van der Waals surface area (Å²) >= 11 is 5.83. The van der Waals surface area contributed by atoms with Crippen LogP contribution >= 0.6 is 0 Å². The summed E-state index contributed by atoms with van der Waals surface area (Å²) in [6, 6.07) is 17.2. The third kappa shape index (κ3) is 5.55. The van der Waals surface area contributed by atoms with Crippen LogP contribution in [0.3, 0.4) is 0 Å². The van der Waals surface area contributed by atoms with Crippen molar-refractivity contribution < 1.29 is 18.4 Å². The van der Waals surface area contributed by atoms with Crippen LogP contribution in [0.15, 0.2) is 65.8 Å². The molecule has 9 heteroatoms. The van der Waals surface area contributed by atoms with Crippen molar-refractivity contribution in [2.24, 2.45) is 0 Å². The first-order chi connectivity index (χ1) is 16.0. The summed E-state index contributed by atoms with van der Waals surface area (Å²) < 4.78 is 34.2. The molecule has 2 heterocycles. The maximum Gasteiger partial charge on any atom is 0.151 e. The number of methoxy groups -OCH3 is 2. The van der Waals surface area contributed by atoms with Gasteiger partial charge in [0.1, 0.15) is 25.2 Å². The summed E-state index contributed by atoms with van der Waals surface area (Å²) in [5.74, 6) is 1.54. The van der Waals surface area contributed by atoms with Crippen molar-refractivity contribution in [3.63, 3.8) is 0 Å². The number of nitrogens with zero attached hydrogens (tertiary/aromatic N) is 3. The lowest BCUT2D eigenvalue weighted by molar-refractivity contribution is -0.0449. The van der Waals surface area contributed by atoms with E-state index in [-0.39, 0.29) is 6.23 Å². The van der Waals surface area contributed by atoms with Gasteiger partial charge in [0.05, 0.1) is 20.4 Å². The lowest BCUT2D eigenvalue weighted by Gasteiger charge is -2.29. The Labute approximate surface area is 200 Å². The molecule has 4 rings (SSSR count). The molecule has 0 bridgehead atoms. The summed E-state index contributed by atoms with van der Waals surface area (Å²) in [5.41, 5.74) is 1.98. The second kappa shape index (κ2) is 10.6. The van der Waals surface area contributed by atoms with Crippen molar-refractivity contribution in [3.05, 3.63) is 71.9 Å². The Morgan fingerprint density at radius 3 is 2.06 bits per heavy atom. The minimum atomic E-state index is -3.04. The lowest BCUT2D eigenvalue weighted by Crippen LogP contribution is -2.32. The number of aromatic nitrogens is 2. The first-order valence-corrected chi connectivity index (χ1v) is 13.4. The van der Waals surface area contributed by atoms with E-state index < -0.39 is 8.68 Å². The highest BCUT2D eigenvalue weighted by Gasteiger charge is 2.28. The van der Waals surface area contributed by atoms with E-state index in [1.54, 1.807) is 31.2 Å². The number of benzene rings is 2. The van der Waals surface area contributed by atoms with Crippen LogP contribution in [0.5, 0.6) is 11.5 Å². The van der Waals surface area contributed by atoms with Gasteiger partial charge in [-0.05, 0) is 60.7 Å². The number of hydrogen-bond donors (Lipinski definition) is 0. The molecule has 2 unspecified atom stereocenters. The molecule has 176 valence electrons. The van der Waals surface area contributed by atoms with E-state index in [9.17, 15) is 4.21 Å². The average molecular weight is 488 g/mol. The van der Waals surface area contributed by atoms with Crippen molar-refractivity contribution in [1.82, 2.24) is 14.1 Å². The molecule has 1 saturated heterocycles. The van der Waals surface area contributed by atoms with Crippen LogP contribution in [0.2, 0.25) is 0 Å². The second-order valence-electron chi connectivity index (χ2n) is 7.90. The monoisotopic (exact) mass is 487 g/mol. The van der Waals surface area contributed by atoms with E-state index in [0.29, 0.717) is 24.7 Å². The van der Waals surface area contributed by atoms with Gasteiger partial charge in [0.15, 0.2) is 6.23 Å². The van der Waals surface area contributed by atoms with Gasteiger partial charge in [0, 0.05) is 30.9 Å². The highest BCUT2D eigenvalue weighted by molar-refractivity contribution is 8.31. The van der Waals surface area contributed by atoms with Crippen molar-refractivity contribution in [1.29, 1.82) is 0 Å². The van der Waals surface area contributed by atoms with Gasteiger partial charge >= 0.3 is 0 Å². The standard InChI is InChI=1S/C24H29N3O4S2/c1-29-21-10-6-19(7-11-21)17-26(18-20-8-12-22(30-2)13-9-20)33(28,32)24-14-15-25-27(24)23-5-3-4-16-31-23/h6-15,23H,3-5,16-18H2,1-2H3. The largest absolute Gasteiger partial charge is 0.497 e. The average Bonchev–Trinajstić information content (AvgIpc) is 3.36. The van der Waals surface area contributed by atoms with Crippen LogP contribution in [0.25, 0.3) is 0 Å². The molecular formula is C24H29N3O4S2. The van der Waals surface area contributed by atoms with Gasteiger partial charge in [-0.3, -0.25) is 0 Å². The minimum Gasteiger partial charge on any atom is -0.497 e. The van der Waals surface area contributed by atoms with E-state index >= 15 is 0 Å². The number of ether oxygens (including phenoxy) is 3. The second-order valence-corrected chi connectivity index (χ2v) is 11.1. The van der Waals surface area contributed by atoms with Crippen molar-refractivity contribution >= 4 is 19.9 Å². The van der Waals surface area contributed by atoms with Crippen LogP contribution in [-0.2, 0) is 37.7 Å². The topological polar surface area (TPSA) is 65.8 Å². The van der Waals surface area contributed by atoms with E-state index in [0.717, 1.165) is 41.9 Å². The summed E-state index contributed by atoms with van der Waals surface area (Å²) in [4.78, 5) is 0. The van der Waals surface area contributed by atoms with Gasteiger partial charge in [-0.25, -0.2) is 13.2 Å². The highest BCUT2D eigenvalue weighted by atomic mass is 32.8. The van der Waals surface area contributed by atoms with Crippen LogP contribution in [0, 0.1) is 0 Å². The highest BCUT2D eigenvalue weighted by Crippen LogP contribution is 2.29. The Morgan fingerprint density at radius 1 is 1.00 bits per heavy atom. The molecule has 0 N–H and O–H groups in total. The van der Waals surface area contributed by atoms with Gasteiger partial charge in [0.25, 0.3) is 0 Å². The normalized spacial score (nSPS) is 18.1. The minimum absolute atomic E-state index is 0.239. The molecule has 1 fully saturated rings. The molecule has 0 aliphatic carbocycles. The maximum absolute atomic E-state index is 14.2. The van der Waals surface area contributed by atoms with E-state index in [1.807, 2.05) is 52.8 Å². The zero-order chi connectivity index (χ0) is 23.3. The molecule has 3 aromatic rings. The molecule has 33 heavy (non-hydrogen) atoms. The Hall–Kier alpha value is -2.46. The zero-order valence-electron chi connectivity index (χ0n) is 18.9. The van der Waals surface area contributed by atoms with Gasteiger partial charge in [-0.2, -0.15) is 5.10 Å². The van der Waals surface area contributed by atoms with E-state index in [1.165, 1.54) is 0 Å². The molecule has 0 amide bonds. The molecule has 7 nitrogen and oxygen atoms in total. The van der Waals surface area contributed by atoms with Crippen LogP contribution in [0.4, 0.5) is 0 Å². The van der Waals surface area contributed by atoms with Gasteiger partial charge in [-0.1, -0.05) is 24.3 Å². The fourth-order valence-electron chi connectivity index (χ4n) is 3.87. The van der Waals surface area contributed by atoms with Crippen molar-refractivity contribution in [2.75, 3.05) is 20.8 Å². The summed E-state index contributed by atoms with van der Waals surface area (Å²) in [6.07, 6.45) is 4.31. The molecule has 0 radical (unpaired) electrons. The Bertz CT molecular complexity index is 1090. The molecule has 1 aliphatic rings. The lowest BCUT2D eigenvalue weighted by atomic mass is 10.2. The molecule has 1 aromatic heterocycles. The molecular weight excluding hydrogens is 458 g/mol. The number of rotatable bonds is 9. The summed E-state index contributed by atoms with van der Waals surface area (Å²) in [6.45, 7) is 1.49. The van der Waals surface area contributed by atoms with Crippen LogP contribution in [-0.4, -0.2) is 39.1 Å². The first-order valence-electron chi connectivity index (χ1n) is 10.9. The Kier molecular flexibility index (Phi) is 7.64. The zero-order valence-corrected chi connectivity index (χ0v) is 20.5. The van der Waals surface area contributed by atoms with Gasteiger partial charge in [-0.15, -0.1) is 0 Å². The Balaban J connectivity index is 1.67. The predicted octanol–water partition coefficient (Wildman–Crippen LogP) is 4.32. The summed E-state index contributed by atoms with van der Waals surface area (Å²) in [7, 11) is 0.228. The van der Waals surface area contributed by atoms with Gasteiger partial charge < -0.3 is 14.2 Å². The van der Waals surface area contributed by atoms with Gasteiger partial charge in [0.2, 0.25) is 0 Å². The van der Waals surface area contributed by atoms with Crippen molar-refractivity contribution in [3.8, 4) is 11.5 Å². The maximum atomic E-state index is 14.2. The van der Waals surface area contributed by atoms with E-state index in [2.05, 4.69) is 5.10 Å². The fourth-order valence-corrected chi connectivity index (χ4v) is 6.12. The van der Waals surface area contributed by atoms with Crippen LogP contribution < -0.4 is 9.47 Å². The molecule has 0 spiro atoms. The Morgan fingerprint density at radius 2 is 1.58 bits per heavy atom. The molecule has 2 aromatic carbocycles. The van der Waals surface area contributed by atoms with Crippen molar-refractivity contribution in [2.45, 2.75) is 43.6 Å². The molecule has 0 saturated carbocycles. The van der Waals surface area contributed by atoms with E-state index in [4.69, 9.17) is 25.4 Å². The summed E-state index contributed by atoms with van der Waals surface area (Å²) in [5, 5.41) is 4.94. The first kappa shape index (κ1) is 23.7.